The molecule has 3 saturated heterocycles. The van der Waals surface area contributed by atoms with Gasteiger partial charge in [-0.25, -0.2) is 9.37 Å². The summed E-state index contributed by atoms with van der Waals surface area (Å²) >= 11 is 0. The minimum Gasteiger partial charge on any atom is -0.382 e. The average molecular weight is 1120 g/mol. The highest BCUT2D eigenvalue weighted by Crippen LogP contribution is 2.38. The molecule has 0 spiro atoms. The van der Waals surface area contributed by atoms with Crippen molar-refractivity contribution in [2.45, 2.75) is 63.8 Å². The van der Waals surface area contributed by atoms with Crippen LogP contribution in [-0.4, -0.2) is 183 Å². The molecule has 3 atom stereocenters. The number of likely N-dealkylation sites (N-methyl/N-ethyl adjacent to an activating group) is 1. The van der Waals surface area contributed by atoms with Gasteiger partial charge in [0.25, 0.3) is 17.7 Å². The van der Waals surface area contributed by atoms with Gasteiger partial charge in [-0.1, -0.05) is 6.07 Å². The Labute approximate surface area is 457 Å². The predicted molar refractivity (Wildman–Crippen MR) is 284 cm³/mol. The Kier molecular flexibility index (Phi) is 18.9. The summed E-state index contributed by atoms with van der Waals surface area (Å²) in [5.74, 6) is -4.03. The number of anilines is 4. The maximum atomic E-state index is 16.2. The first-order chi connectivity index (χ1) is 38.3. The molecule has 0 bridgehead atoms. The monoisotopic (exact) mass is 1120 g/mol. The van der Waals surface area contributed by atoms with E-state index in [-0.39, 0.29) is 124 Å². The number of hydrogen-bond donors (Lipinski definition) is 5. The van der Waals surface area contributed by atoms with Crippen molar-refractivity contribution < 1.29 is 65.3 Å². The molecule has 26 heteroatoms. The quantitative estimate of drug-likeness (QED) is 0.0429. The lowest BCUT2D eigenvalue weighted by Crippen LogP contribution is -2.55. The van der Waals surface area contributed by atoms with E-state index in [0.29, 0.717) is 75.1 Å². The van der Waals surface area contributed by atoms with Crippen LogP contribution in [0.3, 0.4) is 0 Å². The first kappa shape index (κ1) is 58.3. The number of amides is 7. The first-order valence-electron chi connectivity index (χ1n) is 26.3. The van der Waals surface area contributed by atoms with Crippen molar-refractivity contribution in [3.05, 3.63) is 99.3 Å². The highest BCUT2D eigenvalue weighted by atomic mass is 19.4. The zero-order valence-corrected chi connectivity index (χ0v) is 44.4. The van der Waals surface area contributed by atoms with Crippen LogP contribution in [0.15, 0.2) is 65.7 Å². The smallest absolute Gasteiger partial charge is 0.382 e. The molecule has 4 aliphatic rings. The molecule has 2 aromatic heterocycles. The van der Waals surface area contributed by atoms with Crippen LogP contribution in [0.4, 0.5) is 40.4 Å². The lowest BCUT2D eigenvalue weighted by Gasteiger charge is -2.44. The summed E-state index contributed by atoms with van der Waals surface area (Å²) in [6.45, 7) is 8.65. The van der Waals surface area contributed by atoms with E-state index in [9.17, 15) is 51.5 Å². The van der Waals surface area contributed by atoms with Gasteiger partial charge >= 0.3 is 6.18 Å². The minimum absolute atomic E-state index is 0.00647. The van der Waals surface area contributed by atoms with E-state index in [1.807, 2.05) is 30.7 Å². The molecule has 3 fully saturated rings. The number of nitrogens with zero attached hydrogens (tertiary/aromatic N) is 6. The second-order valence-electron chi connectivity index (χ2n) is 19.8. The fourth-order valence-corrected chi connectivity index (χ4v) is 9.94. The van der Waals surface area contributed by atoms with Crippen molar-refractivity contribution in [3.8, 4) is 11.1 Å². The summed E-state index contributed by atoms with van der Waals surface area (Å²) in [5.41, 5.74) is -1.77. The molecule has 5 N–H and O–H groups in total. The van der Waals surface area contributed by atoms with Crippen LogP contribution in [0.1, 0.15) is 76.2 Å². The van der Waals surface area contributed by atoms with Gasteiger partial charge in [-0.3, -0.25) is 53.5 Å². The topological polar surface area (TPSA) is 257 Å². The number of benzene rings is 2. The third-order valence-electron chi connectivity index (χ3n) is 14.4. The van der Waals surface area contributed by atoms with E-state index in [1.54, 1.807) is 29.2 Å². The van der Waals surface area contributed by atoms with Crippen LogP contribution in [-0.2, 0) is 39.6 Å². The summed E-state index contributed by atoms with van der Waals surface area (Å²) in [6, 6.07) is 10.1. The first-order valence-corrected chi connectivity index (χ1v) is 26.3. The number of alkyl halides is 3. The minimum atomic E-state index is -5.00. The van der Waals surface area contributed by atoms with Gasteiger partial charge in [0.2, 0.25) is 29.2 Å². The predicted octanol–water partition coefficient (Wildman–Crippen LogP) is 3.48. The van der Waals surface area contributed by atoms with Crippen LogP contribution >= 0.6 is 0 Å². The van der Waals surface area contributed by atoms with Crippen LogP contribution in [0.5, 0.6) is 0 Å². The lowest BCUT2D eigenvalue weighted by molar-refractivity contribution is -0.138. The Morgan fingerprint density at radius 2 is 1.48 bits per heavy atom. The molecule has 0 aliphatic carbocycles. The van der Waals surface area contributed by atoms with E-state index < -0.39 is 64.3 Å². The third kappa shape index (κ3) is 14.0. The number of halogens is 4. The second kappa shape index (κ2) is 26.0. The maximum absolute atomic E-state index is 16.2. The molecule has 6 heterocycles. The Balaban J connectivity index is 0.710. The van der Waals surface area contributed by atoms with Crippen LogP contribution in [0.25, 0.3) is 11.1 Å². The van der Waals surface area contributed by atoms with E-state index >= 15 is 4.39 Å². The van der Waals surface area contributed by atoms with Gasteiger partial charge in [0.15, 0.2) is 0 Å². The van der Waals surface area contributed by atoms with E-state index in [0.717, 1.165) is 4.90 Å². The molecular weight excluding hydrogens is 1050 g/mol. The highest BCUT2D eigenvalue weighted by Gasteiger charge is 2.46. The Bertz CT molecular complexity index is 3010. The maximum Gasteiger partial charge on any atom is 0.417 e. The standard InChI is InChI=1S/C54H63F4N11O11/c1-32-30-68(31-33(2)65(32)3)43-27-39(55)36(25-41(43)63-50(74)37-29-62-47(72)26-38(37)54(56,57)58)34-7-9-44(61-28-34)66-15-17-67(18-16-66)48(73)12-11-45(70)60-14-20-79-22-24-80-23-21-78-19-13-59-40-6-4-5-35-49(40)53(77)69(52(35)76)42-8-10-46(71)64-51(42)75/h4-7,9,25-29,32-33,42,59H,8,10-24,30-31H2,1-3H3,(H,60,70)(H,62,72)(H,63,74)(H,64,71,75)/t32-,33+,42?. The van der Waals surface area contributed by atoms with Gasteiger partial charge in [-0.05, 0) is 63.7 Å². The molecular formula is C54H63F4N11O11. The number of carbonyl (C=O) groups excluding carboxylic acids is 7. The van der Waals surface area contributed by atoms with Crippen molar-refractivity contribution >= 4 is 64.2 Å². The van der Waals surface area contributed by atoms with Gasteiger partial charge in [-0.15, -0.1) is 0 Å². The van der Waals surface area contributed by atoms with Crippen LogP contribution in [0.2, 0.25) is 0 Å². The Morgan fingerprint density at radius 1 is 0.787 bits per heavy atom. The number of H-pyrrole nitrogens is 1. The van der Waals surface area contributed by atoms with Gasteiger partial charge in [-0.2, -0.15) is 13.2 Å². The zero-order valence-electron chi connectivity index (χ0n) is 44.4. The van der Waals surface area contributed by atoms with Crippen molar-refractivity contribution in [1.29, 1.82) is 0 Å². The van der Waals surface area contributed by atoms with Gasteiger partial charge in [0.1, 0.15) is 17.7 Å². The molecule has 0 radical (unpaired) electrons. The summed E-state index contributed by atoms with van der Waals surface area (Å²) < 4.78 is 74.7. The fourth-order valence-electron chi connectivity index (χ4n) is 9.94. The van der Waals surface area contributed by atoms with Gasteiger partial charge in [0.05, 0.1) is 73.3 Å². The summed E-state index contributed by atoms with van der Waals surface area (Å²) in [6.07, 6.45) is -2.74. The Hall–Kier alpha value is -7.81. The lowest BCUT2D eigenvalue weighted by atomic mass is 10.0. The van der Waals surface area contributed by atoms with Crippen molar-refractivity contribution in [2.75, 3.05) is 119 Å². The van der Waals surface area contributed by atoms with E-state index in [2.05, 4.69) is 36.1 Å². The molecule has 80 heavy (non-hydrogen) atoms. The summed E-state index contributed by atoms with van der Waals surface area (Å²) in [4.78, 5) is 116. The number of aromatic amines is 1. The molecule has 4 aromatic rings. The average Bonchev–Trinajstić information content (AvgIpc) is 3.69. The Morgan fingerprint density at radius 3 is 2.14 bits per heavy atom. The molecule has 428 valence electrons. The SMILES string of the molecule is C[C@@H]1CN(c2cc(F)c(-c3ccc(N4CCN(C(=O)CCC(=O)NCCOCCOCCOCCNc5cccc6c5C(=O)N(C5CCC(=O)NC5=O)C6=O)CC4)nc3)cc2NC(=O)c2c[nH]c(=O)cc2C(F)(F)F)C[C@H](C)N1C. The van der Waals surface area contributed by atoms with Crippen LogP contribution < -0.4 is 36.6 Å². The number of pyridine rings is 2. The molecule has 2 aromatic carbocycles. The number of fused-ring (bicyclic) bond motifs is 1. The number of nitrogens with one attached hydrogen (secondary N) is 5. The zero-order chi connectivity index (χ0) is 57.3. The number of hydrogen-bond acceptors (Lipinski definition) is 16. The van der Waals surface area contributed by atoms with E-state index in [4.69, 9.17) is 14.2 Å². The molecule has 1 unspecified atom stereocenters. The number of rotatable bonds is 22. The number of ether oxygens (including phenoxy) is 3. The molecule has 22 nitrogen and oxygen atoms in total. The molecule has 8 rings (SSSR count). The molecule has 7 amide bonds. The van der Waals surface area contributed by atoms with Gasteiger partial charge in [0, 0.05) is 119 Å². The van der Waals surface area contributed by atoms with Crippen molar-refractivity contribution in [2.24, 2.45) is 0 Å². The van der Waals surface area contributed by atoms with Crippen LogP contribution in [0, 0.1) is 5.82 Å². The molecule has 4 aliphatic heterocycles. The van der Waals surface area contributed by atoms with Gasteiger partial charge < -0.3 is 49.8 Å². The largest absolute Gasteiger partial charge is 0.417 e. The number of imide groups is 2. The fraction of sp³-hybridized carbons (Fsp3) is 0.463. The number of aromatic nitrogens is 2. The normalized spacial score (nSPS) is 18.8. The molecule has 0 saturated carbocycles. The third-order valence-corrected chi connectivity index (χ3v) is 14.4. The number of piperidine rings is 1. The van der Waals surface area contributed by atoms with Crippen molar-refractivity contribution in [3.63, 3.8) is 0 Å². The van der Waals surface area contributed by atoms with E-state index in [1.165, 1.54) is 24.4 Å². The number of piperazine rings is 2. The second-order valence-corrected chi connectivity index (χ2v) is 19.8. The summed E-state index contributed by atoms with van der Waals surface area (Å²) in [7, 11) is 1.96. The summed E-state index contributed by atoms with van der Waals surface area (Å²) in [5, 5.41) is 10.6. The van der Waals surface area contributed by atoms with Crippen molar-refractivity contribution in [1.82, 2.24) is 35.3 Å². The number of carbonyl (C=O) groups is 7. The highest BCUT2D eigenvalue weighted by molar-refractivity contribution is 6.25.